The van der Waals surface area contributed by atoms with E-state index in [0.717, 1.165) is 6.42 Å². The molecule has 0 bridgehead atoms. The third-order valence-electron chi connectivity index (χ3n) is 4.04. The van der Waals surface area contributed by atoms with E-state index in [0.29, 0.717) is 23.7 Å². The monoisotopic (exact) mass is 348 g/mol. The van der Waals surface area contributed by atoms with Crippen LogP contribution in [0.2, 0.25) is 10.0 Å². The summed E-state index contributed by atoms with van der Waals surface area (Å²) >= 11 is 11.7. The van der Waals surface area contributed by atoms with Gasteiger partial charge in [0.1, 0.15) is 5.82 Å². The molecule has 3 atom stereocenters. The molecule has 1 saturated heterocycles. The van der Waals surface area contributed by atoms with Gasteiger partial charge in [0.05, 0.1) is 17.2 Å². The van der Waals surface area contributed by atoms with Gasteiger partial charge in [-0.3, -0.25) is 0 Å². The van der Waals surface area contributed by atoms with Crippen LogP contribution in [0.3, 0.4) is 0 Å². The summed E-state index contributed by atoms with van der Waals surface area (Å²) in [5.74, 6) is -0.477. The molecule has 2 amide bonds. The number of aliphatic hydroxyl groups is 1. The Balaban J connectivity index is 2.02. The van der Waals surface area contributed by atoms with Crippen molar-refractivity contribution in [1.82, 2.24) is 10.2 Å². The summed E-state index contributed by atoms with van der Waals surface area (Å²) in [7, 11) is 0. The van der Waals surface area contributed by atoms with E-state index in [1.165, 1.54) is 12.1 Å². The lowest BCUT2D eigenvalue weighted by Crippen LogP contribution is -2.40. The maximum absolute atomic E-state index is 13.6. The highest BCUT2D eigenvalue weighted by Gasteiger charge is 2.29. The smallest absolute Gasteiger partial charge is 0.317 e. The van der Waals surface area contributed by atoms with Crippen molar-refractivity contribution in [1.29, 1.82) is 0 Å². The zero-order valence-electron chi connectivity index (χ0n) is 12.4. The lowest BCUT2D eigenvalue weighted by atomic mass is 10.0. The molecular weight excluding hydrogens is 330 g/mol. The first-order chi connectivity index (χ1) is 10.3. The van der Waals surface area contributed by atoms with Crippen molar-refractivity contribution in [2.45, 2.75) is 32.4 Å². The minimum absolute atomic E-state index is 0.0494. The summed E-state index contributed by atoms with van der Waals surface area (Å²) in [6.07, 6.45) is 0.338. The Hall–Kier alpha value is -1.04. The molecule has 0 unspecified atom stereocenters. The fraction of sp³-hybridized carbons (Fsp3) is 0.533. The molecule has 2 N–H and O–H groups in total. The van der Waals surface area contributed by atoms with Crippen LogP contribution in [0, 0.1) is 11.7 Å². The number of nitrogens with one attached hydrogen (secondary N) is 1. The fourth-order valence-electron chi connectivity index (χ4n) is 2.59. The number of likely N-dealkylation sites (tertiary alicyclic amines) is 1. The molecule has 22 heavy (non-hydrogen) atoms. The maximum atomic E-state index is 13.6. The van der Waals surface area contributed by atoms with Crippen molar-refractivity contribution in [2.75, 3.05) is 13.1 Å². The number of rotatable bonds is 3. The molecule has 1 aromatic carbocycles. The highest BCUT2D eigenvalue weighted by molar-refractivity contribution is 6.35. The van der Waals surface area contributed by atoms with E-state index in [-0.39, 0.29) is 17.0 Å². The van der Waals surface area contributed by atoms with Crippen LogP contribution in [0.5, 0.6) is 0 Å². The molecule has 122 valence electrons. The topological polar surface area (TPSA) is 52.6 Å². The van der Waals surface area contributed by atoms with Crippen molar-refractivity contribution >= 4 is 29.2 Å². The zero-order chi connectivity index (χ0) is 16.4. The SMILES string of the molecule is C[C@H](NC(=O)N1CC[C@H]([C@H](C)O)C1)c1cc(F)c(Cl)cc1Cl. The molecule has 0 saturated carbocycles. The number of hydrogen-bond donors (Lipinski definition) is 2. The van der Waals surface area contributed by atoms with Crippen LogP contribution in [-0.2, 0) is 0 Å². The Morgan fingerprint density at radius 1 is 1.41 bits per heavy atom. The highest BCUT2D eigenvalue weighted by Crippen LogP contribution is 2.29. The lowest BCUT2D eigenvalue weighted by Gasteiger charge is -2.22. The predicted octanol–water partition coefficient (Wildman–Crippen LogP) is 3.61. The van der Waals surface area contributed by atoms with E-state index in [1.807, 2.05) is 0 Å². The van der Waals surface area contributed by atoms with Gasteiger partial charge in [0.2, 0.25) is 0 Å². The van der Waals surface area contributed by atoms with Crippen LogP contribution in [0.4, 0.5) is 9.18 Å². The summed E-state index contributed by atoms with van der Waals surface area (Å²) < 4.78 is 13.6. The van der Waals surface area contributed by atoms with Crippen LogP contribution >= 0.6 is 23.2 Å². The average Bonchev–Trinajstić information content (AvgIpc) is 2.92. The van der Waals surface area contributed by atoms with E-state index < -0.39 is 18.0 Å². The predicted molar refractivity (Wildman–Crippen MR) is 84.7 cm³/mol. The van der Waals surface area contributed by atoms with Crippen LogP contribution in [-0.4, -0.2) is 35.2 Å². The van der Waals surface area contributed by atoms with Gasteiger partial charge in [0, 0.05) is 24.0 Å². The fourth-order valence-corrected chi connectivity index (χ4v) is 3.14. The largest absolute Gasteiger partial charge is 0.393 e. The second-order valence-corrected chi connectivity index (χ2v) is 6.51. The summed E-state index contributed by atoms with van der Waals surface area (Å²) in [5, 5.41) is 12.6. The molecule has 2 rings (SSSR count). The van der Waals surface area contributed by atoms with Crippen molar-refractivity contribution < 1.29 is 14.3 Å². The number of amides is 2. The van der Waals surface area contributed by atoms with Crippen LogP contribution < -0.4 is 5.32 Å². The van der Waals surface area contributed by atoms with Crippen LogP contribution in [0.15, 0.2) is 12.1 Å². The first-order valence-electron chi connectivity index (χ1n) is 7.17. The number of nitrogens with zero attached hydrogens (tertiary/aromatic N) is 1. The minimum Gasteiger partial charge on any atom is -0.393 e. The molecular formula is C15H19Cl2FN2O2. The lowest BCUT2D eigenvalue weighted by molar-refractivity contribution is 0.129. The van der Waals surface area contributed by atoms with Crippen molar-refractivity contribution in [3.8, 4) is 0 Å². The molecule has 1 heterocycles. The number of carbonyl (C=O) groups is 1. The van der Waals surface area contributed by atoms with Gasteiger partial charge in [0.15, 0.2) is 0 Å². The molecule has 1 fully saturated rings. The number of carbonyl (C=O) groups excluding carboxylic acids is 1. The van der Waals surface area contributed by atoms with Gasteiger partial charge in [-0.25, -0.2) is 9.18 Å². The van der Waals surface area contributed by atoms with Crippen molar-refractivity contribution in [3.63, 3.8) is 0 Å². The third-order valence-corrected chi connectivity index (χ3v) is 4.66. The third kappa shape index (κ3) is 3.83. The Bertz CT molecular complexity index is 569. The van der Waals surface area contributed by atoms with Gasteiger partial charge in [-0.1, -0.05) is 23.2 Å². The molecule has 7 heteroatoms. The van der Waals surface area contributed by atoms with E-state index >= 15 is 0 Å². The van der Waals surface area contributed by atoms with Gasteiger partial charge in [-0.2, -0.15) is 0 Å². The molecule has 1 aliphatic rings. The second kappa shape index (κ2) is 7.02. The number of benzene rings is 1. The quantitative estimate of drug-likeness (QED) is 0.820. The number of aliphatic hydroxyl groups excluding tert-OH is 1. The molecule has 0 aromatic heterocycles. The summed E-state index contributed by atoms with van der Waals surface area (Å²) in [6, 6.07) is 1.87. The first kappa shape index (κ1) is 17.3. The molecule has 4 nitrogen and oxygen atoms in total. The van der Waals surface area contributed by atoms with E-state index in [2.05, 4.69) is 5.32 Å². The van der Waals surface area contributed by atoms with Crippen LogP contribution in [0.1, 0.15) is 31.9 Å². The zero-order valence-corrected chi connectivity index (χ0v) is 14.0. The summed E-state index contributed by atoms with van der Waals surface area (Å²) in [6.45, 7) is 4.56. The number of urea groups is 1. The molecule has 0 aliphatic carbocycles. The number of halogens is 3. The Labute approximate surface area is 139 Å². The standard InChI is InChI=1S/C15H19Cl2FN2O2/c1-8(11-5-14(18)13(17)6-12(11)16)19-15(22)20-4-3-10(7-20)9(2)21/h5-6,8-10,21H,3-4,7H2,1-2H3,(H,19,22)/t8-,9-,10-/m0/s1. The van der Waals surface area contributed by atoms with Crippen molar-refractivity contribution in [2.24, 2.45) is 5.92 Å². The van der Waals surface area contributed by atoms with Gasteiger partial charge < -0.3 is 15.3 Å². The van der Waals surface area contributed by atoms with E-state index in [1.54, 1.807) is 18.7 Å². The van der Waals surface area contributed by atoms with Gasteiger partial charge >= 0.3 is 6.03 Å². The first-order valence-corrected chi connectivity index (χ1v) is 7.93. The summed E-state index contributed by atoms with van der Waals surface area (Å²) in [4.78, 5) is 13.9. The normalized spacial score (nSPS) is 20.8. The Morgan fingerprint density at radius 2 is 2.09 bits per heavy atom. The molecule has 1 aromatic rings. The van der Waals surface area contributed by atoms with E-state index in [4.69, 9.17) is 23.2 Å². The van der Waals surface area contributed by atoms with E-state index in [9.17, 15) is 14.3 Å². The minimum atomic E-state index is -0.572. The molecule has 0 spiro atoms. The Kier molecular flexibility index (Phi) is 5.53. The average molecular weight is 349 g/mol. The summed E-state index contributed by atoms with van der Waals surface area (Å²) in [5.41, 5.74) is 0.475. The second-order valence-electron chi connectivity index (χ2n) is 5.69. The number of hydrogen-bond acceptors (Lipinski definition) is 2. The maximum Gasteiger partial charge on any atom is 0.317 e. The van der Waals surface area contributed by atoms with Crippen LogP contribution in [0.25, 0.3) is 0 Å². The van der Waals surface area contributed by atoms with Gasteiger partial charge in [0.25, 0.3) is 0 Å². The Morgan fingerprint density at radius 3 is 2.68 bits per heavy atom. The molecule has 0 radical (unpaired) electrons. The van der Waals surface area contributed by atoms with Gasteiger partial charge in [-0.05, 0) is 38.0 Å². The highest BCUT2D eigenvalue weighted by atomic mass is 35.5. The van der Waals surface area contributed by atoms with Crippen molar-refractivity contribution in [3.05, 3.63) is 33.6 Å². The molecule has 1 aliphatic heterocycles. The van der Waals surface area contributed by atoms with Gasteiger partial charge in [-0.15, -0.1) is 0 Å².